The molecule has 1 aromatic rings. The van der Waals surface area contributed by atoms with Gasteiger partial charge >= 0.3 is 0 Å². The first kappa shape index (κ1) is 9.20. The fourth-order valence-corrected chi connectivity index (χ4v) is 1.88. The van der Waals surface area contributed by atoms with Gasteiger partial charge in [0.15, 0.2) is 0 Å². The molecule has 0 radical (unpaired) electrons. The van der Waals surface area contributed by atoms with Gasteiger partial charge in [0.25, 0.3) is 0 Å². The molecule has 1 heterocycles. The van der Waals surface area contributed by atoms with Crippen molar-refractivity contribution in [1.82, 2.24) is 4.37 Å². The summed E-state index contributed by atoms with van der Waals surface area (Å²) in [6, 6.07) is 2.09. The van der Waals surface area contributed by atoms with E-state index in [1.807, 2.05) is 6.20 Å². The molecular formula is C8H12BrNS. The highest BCUT2D eigenvalue weighted by Gasteiger charge is 2.17. The first-order valence-electron chi connectivity index (χ1n) is 3.59. The van der Waals surface area contributed by atoms with Crippen molar-refractivity contribution in [3.63, 3.8) is 0 Å². The molecular weight excluding hydrogens is 222 g/mol. The van der Waals surface area contributed by atoms with E-state index in [-0.39, 0.29) is 0 Å². The molecule has 3 heteroatoms. The molecule has 62 valence electrons. The Kier molecular flexibility index (Phi) is 3.07. The first-order chi connectivity index (χ1) is 5.14. The molecule has 0 aliphatic heterocycles. The van der Waals surface area contributed by atoms with Crippen molar-refractivity contribution in [3.05, 3.63) is 17.1 Å². The van der Waals surface area contributed by atoms with Crippen molar-refractivity contribution in [2.45, 2.75) is 20.3 Å². The van der Waals surface area contributed by atoms with Gasteiger partial charge in [-0.3, -0.25) is 0 Å². The molecule has 1 nitrogen and oxygen atoms in total. The summed E-state index contributed by atoms with van der Waals surface area (Å²) in [6.45, 7) is 4.50. The van der Waals surface area contributed by atoms with Gasteiger partial charge in [0.05, 0.1) is 0 Å². The van der Waals surface area contributed by atoms with Crippen LogP contribution in [0.25, 0.3) is 0 Å². The molecule has 0 saturated carbocycles. The number of alkyl halides is 1. The van der Waals surface area contributed by atoms with E-state index in [0.717, 1.165) is 11.8 Å². The third-order valence-electron chi connectivity index (χ3n) is 1.51. The average molecular weight is 234 g/mol. The maximum atomic E-state index is 4.07. The summed E-state index contributed by atoms with van der Waals surface area (Å²) in [5, 5.41) is 1.04. The van der Waals surface area contributed by atoms with E-state index in [1.54, 1.807) is 11.5 Å². The highest BCUT2D eigenvalue weighted by molar-refractivity contribution is 9.09. The van der Waals surface area contributed by atoms with Gasteiger partial charge in [-0.15, -0.1) is 0 Å². The molecule has 0 aliphatic carbocycles. The first-order valence-corrected chi connectivity index (χ1v) is 5.49. The largest absolute Gasteiger partial charge is 0.201 e. The van der Waals surface area contributed by atoms with Gasteiger partial charge < -0.3 is 0 Å². The summed E-state index contributed by atoms with van der Waals surface area (Å²) >= 11 is 5.10. The van der Waals surface area contributed by atoms with Gasteiger partial charge in [0, 0.05) is 16.4 Å². The zero-order chi connectivity index (χ0) is 8.32. The fraction of sp³-hybridized carbons (Fsp3) is 0.625. The lowest BCUT2D eigenvalue weighted by molar-refractivity contribution is 0.428. The summed E-state index contributed by atoms with van der Waals surface area (Å²) in [4.78, 5) is 1.37. The van der Waals surface area contributed by atoms with Gasteiger partial charge in [-0.05, 0) is 29.4 Å². The van der Waals surface area contributed by atoms with Crippen LogP contribution >= 0.6 is 27.5 Å². The van der Waals surface area contributed by atoms with Crippen LogP contribution in [0.5, 0.6) is 0 Å². The summed E-state index contributed by atoms with van der Waals surface area (Å²) in [5.74, 6) is 0. The van der Waals surface area contributed by atoms with Crippen LogP contribution < -0.4 is 0 Å². The number of nitrogens with zero attached hydrogens (tertiary/aromatic N) is 1. The van der Waals surface area contributed by atoms with E-state index in [0.29, 0.717) is 5.41 Å². The standard InChI is InChI=1S/C8H12BrNS/c1-8(2,6-9)5-7-3-4-10-11-7/h3-4H,5-6H2,1-2H3. The molecule has 0 aliphatic rings. The smallest absolute Gasteiger partial charge is 0.0409 e. The number of hydrogen-bond donors (Lipinski definition) is 0. The van der Waals surface area contributed by atoms with Crippen LogP contribution in [-0.4, -0.2) is 9.70 Å². The number of hydrogen-bond acceptors (Lipinski definition) is 2. The molecule has 0 fully saturated rings. The maximum absolute atomic E-state index is 4.07. The molecule has 0 saturated heterocycles. The summed E-state index contributed by atoms with van der Waals surface area (Å²) in [6.07, 6.45) is 2.98. The molecule has 0 atom stereocenters. The van der Waals surface area contributed by atoms with Crippen molar-refractivity contribution >= 4 is 27.5 Å². The van der Waals surface area contributed by atoms with E-state index in [9.17, 15) is 0 Å². The van der Waals surface area contributed by atoms with Crippen LogP contribution in [-0.2, 0) is 6.42 Å². The van der Waals surface area contributed by atoms with Crippen LogP contribution in [0.2, 0.25) is 0 Å². The summed E-state index contributed by atoms with van der Waals surface area (Å²) in [5.41, 5.74) is 0.354. The zero-order valence-electron chi connectivity index (χ0n) is 6.80. The minimum Gasteiger partial charge on any atom is -0.201 e. The van der Waals surface area contributed by atoms with Gasteiger partial charge in [-0.25, -0.2) is 4.37 Å². The number of aromatic nitrogens is 1. The van der Waals surface area contributed by atoms with Gasteiger partial charge in [-0.2, -0.15) is 0 Å². The Bertz CT molecular complexity index is 206. The predicted molar refractivity (Wildman–Crippen MR) is 53.4 cm³/mol. The van der Waals surface area contributed by atoms with Crippen LogP contribution in [0.4, 0.5) is 0 Å². The molecule has 0 aromatic carbocycles. The van der Waals surface area contributed by atoms with Crippen molar-refractivity contribution < 1.29 is 0 Å². The van der Waals surface area contributed by atoms with Crippen LogP contribution in [0, 0.1) is 5.41 Å². The van der Waals surface area contributed by atoms with E-state index < -0.39 is 0 Å². The summed E-state index contributed by atoms with van der Waals surface area (Å²) in [7, 11) is 0. The molecule has 0 amide bonds. The number of rotatable bonds is 3. The Morgan fingerprint density at radius 2 is 2.36 bits per heavy atom. The minimum atomic E-state index is 0.354. The molecule has 0 N–H and O–H groups in total. The molecule has 0 unspecified atom stereocenters. The molecule has 0 spiro atoms. The fourth-order valence-electron chi connectivity index (χ4n) is 0.852. The Morgan fingerprint density at radius 3 is 2.82 bits per heavy atom. The SMILES string of the molecule is CC(C)(CBr)Cc1ccns1. The minimum absolute atomic E-state index is 0.354. The normalized spacial score (nSPS) is 11.9. The summed E-state index contributed by atoms with van der Waals surface area (Å²) < 4.78 is 4.07. The van der Waals surface area contributed by atoms with Crippen molar-refractivity contribution in [2.24, 2.45) is 5.41 Å². The Labute approximate surface area is 80.1 Å². The quantitative estimate of drug-likeness (QED) is 0.732. The van der Waals surface area contributed by atoms with Crippen molar-refractivity contribution in [1.29, 1.82) is 0 Å². The maximum Gasteiger partial charge on any atom is 0.0409 e. The average Bonchev–Trinajstić information content (AvgIpc) is 2.39. The van der Waals surface area contributed by atoms with E-state index >= 15 is 0 Å². The highest BCUT2D eigenvalue weighted by Crippen LogP contribution is 2.25. The zero-order valence-corrected chi connectivity index (χ0v) is 9.20. The predicted octanol–water partition coefficient (Wildman–Crippen LogP) is 3.11. The third-order valence-corrected chi connectivity index (χ3v) is 3.77. The lowest BCUT2D eigenvalue weighted by Gasteiger charge is -2.19. The Hall–Kier alpha value is 0.110. The molecule has 11 heavy (non-hydrogen) atoms. The second-order valence-corrected chi connectivity index (χ2v) is 4.93. The van der Waals surface area contributed by atoms with Crippen LogP contribution in [0.3, 0.4) is 0 Å². The van der Waals surface area contributed by atoms with E-state index in [4.69, 9.17) is 0 Å². The molecule has 1 rings (SSSR count). The Morgan fingerprint density at radius 1 is 1.64 bits per heavy atom. The van der Waals surface area contributed by atoms with Gasteiger partial charge in [0.1, 0.15) is 0 Å². The van der Waals surface area contributed by atoms with Crippen molar-refractivity contribution in [3.8, 4) is 0 Å². The molecule has 1 aromatic heterocycles. The monoisotopic (exact) mass is 233 g/mol. The second kappa shape index (κ2) is 3.68. The van der Waals surface area contributed by atoms with Gasteiger partial charge in [0.2, 0.25) is 0 Å². The molecule has 0 bridgehead atoms. The second-order valence-electron chi connectivity index (χ2n) is 3.45. The van der Waals surface area contributed by atoms with Gasteiger partial charge in [-0.1, -0.05) is 29.8 Å². The Balaban J connectivity index is 2.56. The third kappa shape index (κ3) is 2.91. The lowest BCUT2D eigenvalue weighted by Crippen LogP contribution is -2.15. The number of halogens is 1. The van der Waals surface area contributed by atoms with Crippen molar-refractivity contribution in [2.75, 3.05) is 5.33 Å². The lowest BCUT2D eigenvalue weighted by atomic mass is 9.91. The topological polar surface area (TPSA) is 12.9 Å². The highest BCUT2D eigenvalue weighted by atomic mass is 79.9. The van der Waals surface area contributed by atoms with E-state index in [1.165, 1.54) is 4.88 Å². The van der Waals surface area contributed by atoms with E-state index in [2.05, 4.69) is 40.2 Å². The van der Waals surface area contributed by atoms with Crippen LogP contribution in [0.1, 0.15) is 18.7 Å². The van der Waals surface area contributed by atoms with Crippen LogP contribution in [0.15, 0.2) is 12.3 Å².